The third-order valence-electron chi connectivity index (χ3n) is 5.15. The minimum Gasteiger partial charge on any atom is -0.352 e. The molecule has 5 heteroatoms. The van der Waals surface area contributed by atoms with Gasteiger partial charge in [-0.2, -0.15) is 0 Å². The number of hydrogen-bond acceptors (Lipinski definition) is 3. The molecule has 0 radical (unpaired) electrons. The summed E-state index contributed by atoms with van der Waals surface area (Å²) in [6.45, 7) is 7.54. The van der Waals surface area contributed by atoms with Crippen molar-refractivity contribution in [2.75, 3.05) is 13.1 Å². The second-order valence-electron chi connectivity index (χ2n) is 7.18. The summed E-state index contributed by atoms with van der Waals surface area (Å²) >= 11 is 0. The standard InChI is InChI=1S/C17H31N3O2/c1-12-6-8-15(9-7-12)19-17(22)13(2)20-10-4-5-16(11-20)18-14(3)21/h12-13,15-16H,4-11H2,1-3H3,(H,18,21)(H,19,22). The maximum atomic E-state index is 12.5. The third kappa shape index (κ3) is 4.97. The maximum absolute atomic E-state index is 12.5. The maximum Gasteiger partial charge on any atom is 0.237 e. The summed E-state index contributed by atoms with van der Waals surface area (Å²) in [5.41, 5.74) is 0. The number of amides is 2. The first-order chi connectivity index (χ1) is 10.5. The Morgan fingerprint density at radius 2 is 1.73 bits per heavy atom. The highest BCUT2D eigenvalue weighted by Crippen LogP contribution is 2.23. The van der Waals surface area contributed by atoms with Crippen LogP contribution in [0, 0.1) is 5.92 Å². The van der Waals surface area contributed by atoms with E-state index in [1.807, 2.05) is 6.92 Å². The number of hydrogen-bond donors (Lipinski definition) is 2. The van der Waals surface area contributed by atoms with E-state index in [0.717, 1.165) is 44.7 Å². The lowest BCUT2D eigenvalue weighted by Crippen LogP contribution is -2.55. The molecule has 0 aromatic carbocycles. The molecule has 2 unspecified atom stereocenters. The lowest BCUT2D eigenvalue weighted by molar-refractivity contribution is -0.127. The molecular formula is C17H31N3O2. The highest BCUT2D eigenvalue weighted by Gasteiger charge is 2.29. The molecule has 1 aliphatic heterocycles. The summed E-state index contributed by atoms with van der Waals surface area (Å²) in [5.74, 6) is 0.953. The molecule has 2 N–H and O–H groups in total. The van der Waals surface area contributed by atoms with Crippen molar-refractivity contribution in [3.63, 3.8) is 0 Å². The summed E-state index contributed by atoms with van der Waals surface area (Å²) in [5, 5.41) is 6.20. The quantitative estimate of drug-likeness (QED) is 0.830. The van der Waals surface area contributed by atoms with Crippen LogP contribution >= 0.6 is 0 Å². The van der Waals surface area contributed by atoms with Gasteiger partial charge in [0.05, 0.1) is 6.04 Å². The van der Waals surface area contributed by atoms with Crippen molar-refractivity contribution in [3.05, 3.63) is 0 Å². The van der Waals surface area contributed by atoms with E-state index in [0.29, 0.717) is 6.04 Å². The molecule has 2 fully saturated rings. The van der Waals surface area contributed by atoms with Crippen LogP contribution in [0.3, 0.4) is 0 Å². The Morgan fingerprint density at radius 3 is 2.36 bits per heavy atom. The topological polar surface area (TPSA) is 61.4 Å². The fraction of sp³-hybridized carbons (Fsp3) is 0.882. The van der Waals surface area contributed by atoms with Crippen molar-refractivity contribution < 1.29 is 9.59 Å². The van der Waals surface area contributed by atoms with Crippen LogP contribution in [-0.4, -0.2) is 47.9 Å². The molecule has 1 saturated heterocycles. The third-order valence-corrected chi connectivity index (χ3v) is 5.15. The molecule has 2 rings (SSSR count). The van der Waals surface area contributed by atoms with Gasteiger partial charge >= 0.3 is 0 Å². The highest BCUT2D eigenvalue weighted by molar-refractivity contribution is 5.81. The van der Waals surface area contributed by atoms with Crippen LogP contribution in [0.15, 0.2) is 0 Å². The molecule has 0 aromatic rings. The zero-order chi connectivity index (χ0) is 16.1. The van der Waals surface area contributed by atoms with Crippen molar-refractivity contribution >= 4 is 11.8 Å². The summed E-state index contributed by atoms with van der Waals surface area (Å²) in [7, 11) is 0. The molecule has 1 aliphatic carbocycles. The second kappa shape index (κ2) is 7.95. The molecule has 126 valence electrons. The SMILES string of the molecule is CC(=O)NC1CCCN(C(C)C(=O)NC2CCC(C)CC2)C1. The van der Waals surface area contributed by atoms with Crippen molar-refractivity contribution in [3.8, 4) is 0 Å². The molecule has 2 atom stereocenters. The van der Waals surface area contributed by atoms with Gasteiger partial charge in [-0.3, -0.25) is 14.5 Å². The van der Waals surface area contributed by atoms with E-state index in [-0.39, 0.29) is 23.9 Å². The molecule has 0 aromatic heterocycles. The number of piperidine rings is 1. The van der Waals surface area contributed by atoms with E-state index in [1.165, 1.54) is 12.8 Å². The van der Waals surface area contributed by atoms with E-state index < -0.39 is 0 Å². The second-order valence-corrected chi connectivity index (χ2v) is 7.18. The van der Waals surface area contributed by atoms with Crippen molar-refractivity contribution in [1.29, 1.82) is 0 Å². The van der Waals surface area contributed by atoms with Gasteiger partial charge in [-0.15, -0.1) is 0 Å². The van der Waals surface area contributed by atoms with Gasteiger partial charge in [0.1, 0.15) is 0 Å². The molecule has 5 nitrogen and oxygen atoms in total. The minimum absolute atomic E-state index is 0.0141. The number of carbonyl (C=O) groups excluding carboxylic acids is 2. The normalized spacial score (nSPS) is 31.3. The summed E-state index contributed by atoms with van der Waals surface area (Å²) in [6.07, 6.45) is 6.68. The molecule has 1 saturated carbocycles. The smallest absolute Gasteiger partial charge is 0.237 e. The van der Waals surface area contributed by atoms with E-state index in [1.54, 1.807) is 6.92 Å². The average Bonchev–Trinajstić information content (AvgIpc) is 2.48. The van der Waals surface area contributed by atoms with E-state index in [2.05, 4.69) is 22.5 Å². The van der Waals surface area contributed by atoms with Gasteiger partial charge in [-0.05, 0) is 57.9 Å². The van der Waals surface area contributed by atoms with Crippen LogP contribution in [0.25, 0.3) is 0 Å². The Kier molecular flexibility index (Phi) is 6.24. The zero-order valence-electron chi connectivity index (χ0n) is 14.2. The van der Waals surface area contributed by atoms with Gasteiger partial charge in [0.2, 0.25) is 11.8 Å². The van der Waals surface area contributed by atoms with Gasteiger partial charge in [0, 0.05) is 25.6 Å². The van der Waals surface area contributed by atoms with Crippen LogP contribution in [0.4, 0.5) is 0 Å². The van der Waals surface area contributed by atoms with Crippen molar-refractivity contribution in [2.24, 2.45) is 5.92 Å². The van der Waals surface area contributed by atoms with Crippen LogP contribution in [-0.2, 0) is 9.59 Å². The number of carbonyl (C=O) groups is 2. The fourth-order valence-electron chi connectivity index (χ4n) is 3.66. The molecule has 2 amide bonds. The van der Waals surface area contributed by atoms with Crippen LogP contribution < -0.4 is 10.6 Å². The molecule has 0 bridgehead atoms. The molecule has 22 heavy (non-hydrogen) atoms. The van der Waals surface area contributed by atoms with Crippen molar-refractivity contribution in [1.82, 2.24) is 15.5 Å². The Labute approximate surface area is 134 Å². The lowest BCUT2D eigenvalue weighted by Gasteiger charge is -2.37. The minimum atomic E-state index is -0.115. The van der Waals surface area contributed by atoms with Gasteiger partial charge in [-0.25, -0.2) is 0 Å². The van der Waals surface area contributed by atoms with E-state index >= 15 is 0 Å². The lowest BCUT2D eigenvalue weighted by atomic mass is 9.87. The predicted molar refractivity (Wildman–Crippen MR) is 87.4 cm³/mol. The Morgan fingerprint density at radius 1 is 1.05 bits per heavy atom. The molecular weight excluding hydrogens is 278 g/mol. The first-order valence-corrected chi connectivity index (χ1v) is 8.77. The van der Waals surface area contributed by atoms with Crippen LogP contribution in [0.2, 0.25) is 0 Å². The Hall–Kier alpha value is -1.10. The largest absolute Gasteiger partial charge is 0.352 e. The number of rotatable bonds is 4. The molecule has 0 spiro atoms. The van der Waals surface area contributed by atoms with Crippen LogP contribution in [0.1, 0.15) is 59.3 Å². The number of nitrogens with one attached hydrogen (secondary N) is 2. The Bertz CT molecular complexity index is 391. The Balaban J connectivity index is 1.80. The van der Waals surface area contributed by atoms with Gasteiger partial charge in [0.25, 0.3) is 0 Å². The summed E-state index contributed by atoms with van der Waals surface area (Å²) in [6, 6.07) is 0.412. The zero-order valence-corrected chi connectivity index (χ0v) is 14.2. The summed E-state index contributed by atoms with van der Waals surface area (Å²) < 4.78 is 0. The number of nitrogens with zero attached hydrogens (tertiary/aromatic N) is 1. The highest BCUT2D eigenvalue weighted by atomic mass is 16.2. The number of likely N-dealkylation sites (tertiary alicyclic amines) is 1. The van der Waals surface area contributed by atoms with Gasteiger partial charge < -0.3 is 10.6 Å². The molecule has 2 aliphatic rings. The summed E-state index contributed by atoms with van der Waals surface area (Å²) in [4.78, 5) is 25.9. The first-order valence-electron chi connectivity index (χ1n) is 8.77. The van der Waals surface area contributed by atoms with E-state index in [9.17, 15) is 9.59 Å². The fourth-order valence-corrected chi connectivity index (χ4v) is 3.66. The predicted octanol–water partition coefficient (Wildman–Crippen LogP) is 1.67. The average molecular weight is 309 g/mol. The van der Waals surface area contributed by atoms with E-state index in [4.69, 9.17) is 0 Å². The van der Waals surface area contributed by atoms with Crippen LogP contribution in [0.5, 0.6) is 0 Å². The van der Waals surface area contributed by atoms with Gasteiger partial charge in [-0.1, -0.05) is 6.92 Å². The molecule has 1 heterocycles. The van der Waals surface area contributed by atoms with Crippen molar-refractivity contribution in [2.45, 2.75) is 77.4 Å². The monoisotopic (exact) mass is 309 g/mol. The van der Waals surface area contributed by atoms with Gasteiger partial charge in [0.15, 0.2) is 0 Å². The first kappa shape index (κ1) is 17.3.